The first-order valence-electron chi connectivity index (χ1n) is 7.95. The van der Waals surface area contributed by atoms with Crippen LogP contribution in [-0.4, -0.2) is 45.4 Å². The van der Waals surface area contributed by atoms with Crippen LogP contribution in [0.25, 0.3) is 0 Å². The first-order chi connectivity index (χ1) is 11.3. The van der Waals surface area contributed by atoms with Gasteiger partial charge >= 0.3 is 0 Å². The zero-order valence-electron chi connectivity index (χ0n) is 13.9. The summed E-state index contributed by atoms with van der Waals surface area (Å²) in [6.07, 6.45) is 5.51. The van der Waals surface area contributed by atoms with Crippen LogP contribution >= 0.6 is 11.6 Å². The molecule has 0 saturated heterocycles. The fourth-order valence-corrected chi connectivity index (χ4v) is 3.86. The molecule has 2 rings (SSSR count). The molecule has 0 unspecified atom stereocenters. The Kier molecular flexibility index (Phi) is 6.48. The minimum atomic E-state index is -3.55. The second-order valence-electron chi connectivity index (χ2n) is 6.07. The minimum Gasteiger partial charge on any atom is -0.482 e. The summed E-state index contributed by atoms with van der Waals surface area (Å²) < 4.78 is 30.6. The third kappa shape index (κ3) is 4.84. The van der Waals surface area contributed by atoms with Gasteiger partial charge in [0, 0.05) is 20.1 Å². The normalized spacial score (nSPS) is 16.2. The first-order valence-corrected chi connectivity index (χ1v) is 9.77. The number of hydrogen-bond acceptors (Lipinski definition) is 4. The van der Waals surface area contributed by atoms with E-state index in [1.54, 1.807) is 0 Å². The van der Waals surface area contributed by atoms with Crippen molar-refractivity contribution in [3.8, 4) is 5.75 Å². The predicted molar refractivity (Wildman–Crippen MR) is 92.8 cm³/mol. The Labute approximate surface area is 148 Å². The summed E-state index contributed by atoms with van der Waals surface area (Å²) in [4.78, 5) is 12.0. The maximum absolute atomic E-state index is 12.0. The molecule has 0 heterocycles. The fourth-order valence-electron chi connectivity index (χ4n) is 2.63. The lowest BCUT2D eigenvalue weighted by molar-refractivity contribution is -0.124. The summed E-state index contributed by atoms with van der Waals surface area (Å²) in [7, 11) is -0.657. The molecule has 24 heavy (non-hydrogen) atoms. The Morgan fingerprint density at radius 2 is 1.96 bits per heavy atom. The van der Waals surface area contributed by atoms with Crippen molar-refractivity contribution in [3.63, 3.8) is 0 Å². The number of sulfonamides is 1. The summed E-state index contributed by atoms with van der Waals surface area (Å²) >= 11 is 6.08. The maximum atomic E-state index is 12.0. The monoisotopic (exact) mass is 374 g/mol. The average Bonchev–Trinajstić information content (AvgIpc) is 2.54. The molecule has 134 valence electrons. The molecule has 1 aliphatic rings. The van der Waals surface area contributed by atoms with E-state index in [2.05, 4.69) is 5.32 Å². The van der Waals surface area contributed by atoms with E-state index in [4.69, 9.17) is 16.3 Å². The molecule has 0 radical (unpaired) electrons. The van der Waals surface area contributed by atoms with Gasteiger partial charge in [-0.3, -0.25) is 4.79 Å². The van der Waals surface area contributed by atoms with E-state index in [1.807, 2.05) is 0 Å². The van der Waals surface area contributed by atoms with Crippen molar-refractivity contribution < 1.29 is 17.9 Å². The lowest BCUT2D eigenvalue weighted by Gasteiger charge is -2.22. The molecule has 1 saturated carbocycles. The van der Waals surface area contributed by atoms with E-state index >= 15 is 0 Å². The number of carbonyl (C=O) groups excluding carboxylic acids is 1. The SMILES string of the molecule is CN(C)S(=O)(=O)c1ccc(OCC(=O)NC2CCCCC2)c(Cl)c1. The van der Waals surface area contributed by atoms with Gasteiger partial charge in [-0.05, 0) is 31.0 Å². The van der Waals surface area contributed by atoms with Crippen LogP contribution in [0.15, 0.2) is 23.1 Å². The molecule has 0 aliphatic heterocycles. The third-order valence-corrected chi connectivity index (χ3v) is 6.12. The molecule has 1 N–H and O–H groups in total. The zero-order valence-corrected chi connectivity index (χ0v) is 15.5. The van der Waals surface area contributed by atoms with Gasteiger partial charge in [0.1, 0.15) is 5.75 Å². The van der Waals surface area contributed by atoms with E-state index in [1.165, 1.54) is 38.7 Å². The van der Waals surface area contributed by atoms with Crippen LogP contribution in [0.1, 0.15) is 32.1 Å². The van der Waals surface area contributed by atoms with Crippen LogP contribution < -0.4 is 10.1 Å². The van der Waals surface area contributed by atoms with Crippen LogP contribution in [0.2, 0.25) is 5.02 Å². The molecule has 1 aliphatic carbocycles. The van der Waals surface area contributed by atoms with Gasteiger partial charge in [0.05, 0.1) is 9.92 Å². The van der Waals surface area contributed by atoms with Crippen LogP contribution in [0, 0.1) is 0 Å². The van der Waals surface area contributed by atoms with Crippen LogP contribution in [-0.2, 0) is 14.8 Å². The molecule has 0 spiro atoms. The molecule has 6 nitrogen and oxygen atoms in total. The van der Waals surface area contributed by atoms with E-state index < -0.39 is 10.0 Å². The second-order valence-corrected chi connectivity index (χ2v) is 8.63. The second kappa shape index (κ2) is 8.18. The molecular weight excluding hydrogens is 352 g/mol. The number of rotatable bonds is 6. The molecule has 0 bridgehead atoms. The number of amides is 1. The van der Waals surface area contributed by atoms with Gasteiger partial charge in [-0.1, -0.05) is 30.9 Å². The Morgan fingerprint density at radius 1 is 1.29 bits per heavy atom. The topological polar surface area (TPSA) is 75.7 Å². The maximum Gasteiger partial charge on any atom is 0.258 e. The molecule has 0 atom stereocenters. The van der Waals surface area contributed by atoms with Gasteiger partial charge in [0.2, 0.25) is 10.0 Å². The van der Waals surface area contributed by atoms with E-state index in [9.17, 15) is 13.2 Å². The van der Waals surface area contributed by atoms with Gasteiger partial charge in [-0.25, -0.2) is 12.7 Å². The van der Waals surface area contributed by atoms with Crippen molar-refractivity contribution in [2.45, 2.75) is 43.0 Å². The van der Waals surface area contributed by atoms with Crippen molar-refractivity contribution in [2.24, 2.45) is 0 Å². The third-order valence-electron chi connectivity index (χ3n) is 4.01. The highest BCUT2D eigenvalue weighted by Gasteiger charge is 2.19. The molecule has 1 aromatic carbocycles. The van der Waals surface area contributed by atoms with Crippen molar-refractivity contribution in [2.75, 3.05) is 20.7 Å². The Balaban J connectivity index is 1.94. The number of benzene rings is 1. The van der Waals surface area contributed by atoms with Crippen molar-refractivity contribution in [3.05, 3.63) is 23.2 Å². The van der Waals surface area contributed by atoms with Crippen LogP contribution in [0.4, 0.5) is 0 Å². The van der Waals surface area contributed by atoms with Crippen LogP contribution in [0.5, 0.6) is 5.75 Å². The Bertz CT molecular complexity index is 685. The van der Waals surface area contributed by atoms with E-state index in [0.717, 1.165) is 30.0 Å². The minimum absolute atomic E-state index is 0.0801. The van der Waals surface area contributed by atoms with E-state index in [0.29, 0.717) is 0 Å². The van der Waals surface area contributed by atoms with Gasteiger partial charge < -0.3 is 10.1 Å². The average molecular weight is 375 g/mol. The summed E-state index contributed by atoms with van der Waals surface area (Å²) in [6.45, 7) is -0.143. The highest BCUT2D eigenvalue weighted by molar-refractivity contribution is 7.89. The van der Waals surface area contributed by atoms with Gasteiger partial charge in [-0.2, -0.15) is 0 Å². The first kappa shape index (κ1) is 19.0. The zero-order chi connectivity index (χ0) is 17.7. The smallest absolute Gasteiger partial charge is 0.258 e. The lowest BCUT2D eigenvalue weighted by Crippen LogP contribution is -2.39. The standard InChI is InChI=1S/C16H23ClN2O4S/c1-19(2)24(21,22)13-8-9-15(14(17)10-13)23-11-16(20)18-12-6-4-3-5-7-12/h8-10,12H,3-7,11H2,1-2H3,(H,18,20). The molecule has 8 heteroatoms. The van der Waals surface area contributed by atoms with E-state index in [-0.39, 0.29) is 34.2 Å². The Morgan fingerprint density at radius 3 is 2.54 bits per heavy atom. The van der Waals surface area contributed by atoms with Crippen LogP contribution in [0.3, 0.4) is 0 Å². The number of nitrogens with zero attached hydrogens (tertiary/aromatic N) is 1. The number of ether oxygens (including phenoxy) is 1. The summed E-state index contributed by atoms with van der Waals surface area (Å²) in [5.74, 6) is 0.0936. The summed E-state index contributed by atoms with van der Waals surface area (Å²) in [5.41, 5.74) is 0. The largest absolute Gasteiger partial charge is 0.482 e. The number of carbonyl (C=O) groups is 1. The predicted octanol–water partition coefficient (Wildman–Crippen LogP) is 2.42. The van der Waals surface area contributed by atoms with Gasteiger partial charge in [-0.15, -0.1) is 0 Å². The lowest BCUT2D eigenvalue weighted by atomic mass is 9.95. The molecule has 1 amide bonds. The summed E-state index contributed by atoms with van der Waals surface area (Å²) in [5, 5.41) is 3.11. The molecule has 1 aromatic rings. The van der Waals surface area contributed by atoms with Crippen molar-refractivity contribution in [1.29, 1.82) is 0 Å². The number of hydrogen-bond donors (Lipinski definition) is 1. The fraction of sp³-hybridized carbons (Fsp3) is 0.562. The molecule has 1 fully saturated rings. The van der Waals surface area contributed by atoms with Gasteiger partial charge in [0.25, 0.3) is 5.91 Å². The Hall–Kier alpha value is -1.31. The van der Waals surface area contributed by atoms with Crippen molar-refractivity contribution in [1.82, 2.24) is 9.62 Å². The van der Waals surface area contributed by atoms with Crippen molar-refractivity contribution >= 4 is 27.5 Å². The highest BCUT2D eigenvalue weighted by atomic mass is 35.5. The molecule has 0 aromatic heterocycles. The molecular formula is C16H23ClN2O4S. The van der Waals surface area contributed by atoms with Gasteiger partial charge in [0.15, 0.2) is 6.61 Å². The summed E-state index contributed by atoms with van der Waals surface area (Å²) in [6, 6.07) is 4.42. The number of nitrogens with one attached hydrogen (secondary N) is 1. The highest BCUT2D eigenvalue weighted by Crippen LogP contribution is 2.28. The quantitative estimate of drug-likeness (QED) is 0.829. The number of halogens is 1.